The van der Waals surface area contributed by atoms with Crippen LogP contribution in [0.4, 0.5) is 5.82 Å². The fourth-order valence-electron chi connectivity index (χ4n) is 1.53. The molecule has 0 saturated carbocycles. The second-order valence-electron chi connectivity index (χ2n) is 4.01. The third kappa shape index (κ3) is 5.13. The third-order valence-electron chi connectivity index (χ3n) is 2.44. The van der Waals surface area contributed by atoms with E-state index < -0.39 is 0 Å². The molecule has 0 saturated heterocycles. The molecule has 0 atom stereocenters. The third-order valence-corrected chi connectivity index (χ3v) is 2.78. The first-order valence-electron chi connectivity index (χ1n) is 6.06. The van der Waals surface area contributed by atoms with Crippen LogP contribution in [0.25, 0.3) is 0 Å². The van der Waals surface area contributed by atoms with Gasteiger partial charge in [0.25, 0.3) is 0 Å². The van der Waals surface area contributed by atoms with Crippen LogP contribution in [-0.2, 0) is 6.54 Å². The highest BCUT2D eigenvalue weighted by atomic mass is 35.5. The first-order valence-corrected chi connectivity index (χ1v) is 6.44. The average Bonchev–Trinajstić information content (AvgIpc) is 2.40. The zero-order chi connectivity index (χ0) is 14.1. The predicted octanol–water partition coefficient (Wildman–Crippen LogP) is 2.41. The summed E-state index contributed by atoms with van der Waals surface area (Å²) in [7, 11) is 0. The lowest BCUT2D eigenvalue weighted by Gasteiger charge is -2.16. The molecule has 5 nitrogen and oxygen atoms in total. The molecule has 0 fully saturated rings. The Labute approximate surface area is 118 Å². The highest BCUT2D eigenvalue weighted by molar-refractivity contribution is 6.31. The summed E-state index contributed by atoms with van der Waals surface area (Å²) in [6.45, 7) is 3.66. The first kappa shape index (κ1) is 15.2. The van der Waals surface area contributed by atoms with Crippen molar-refractivity contribution in [1.29, 1.82) is 10.5 Å². The Morgan fingerprint density at radius 2 is 2.00 bits per heavy atom. The van der Waals surface area contributed by atoms with E-state index in [1.807, 2.05) is 18.2 Å². The van der Waals surface area contributed by atoms with Gasteiger partial charge in [0.15, 0.2) is 0 Å². The van der Waals surface area contributed by atoms with Crippen LogP contribution in [0, 0.1) is 22.7 Å². The molecule has 1 aromatic heterocycles. The van der Waals surface area contributed by atoms with Gasteiger partial charge in [0.1, 0.15) is 5.82 Å². The molecular formula is C13H16ClN5. The normalized spacial score (nSPS) is 9.95. The maximum absolute atomic E-state index is 8.71. The Morgan fingerprint density at radius 1 is 1.32 bits per heavy atom. The van der Waals surface area contributed by atoms with E-state index in [2.05, 4.69) is 17.2 Å². The first-order chi connectivity index (χ1) is 9.21. The Morgan fingerprint density at radius 3 is 2.58 bits per heavy atom. The van der Waals surface area contributed by atoms with Gasteiger partial charge >= 0.3 is 0 Å². The number of hydrogen-bond donors (Lipinski definition) is 1. The van der Waals surface area contributed by atoms with Crippen molar-refractivity contribution < 1.29 is 0 Å². The Balaban J connectivity index is 2.80. The molecule has 19 heavy (non-hydrogen) atoms. The summed E-state index contributed by atoms with van der Waals surface area (Å²) in [5, 5.41) is 21.2. The second kappa shape index (κ2) is 8.31. The molecule has 1 heterocycles. The van der Waals surface area contributed by atoms with E-state index in [4.69, 9.17) is 22.1 Å². The van der Waals surface area contributed by atoms with Crippen molar-refractivity contribution in [3.63, 3.8) is 0 Å². The number of nitrogens with zero attached hydrogens (tertiary/aromatic N) is 4. The molecule has 0 aliphatic carbocycles. The van der Waals surface area contributed by atoms with E-state index in [1.165, 1.54) is 0 Å². The topological polar surface area (TPSA) is 75.7 Å². The fraction of sp³-hybridized carbons (Fsp3) is 0.462. The van der Waals surface area contributed by atoms with Gasteiger partial charge in [-0.05, 0) is 18.6 Å². The van der Waals surface area contributed by atoms with Crippen LogP contribution in [0.2, 0.25) is 5.02 Å². The largest absolute Gasteiger partial charge is 0.370 e. The van der Waals surface area contributed by atoms with Gasteiger partial charge in [-0.1, -0.05) is 18.5 Å². The summed E-state index contributed by atoms with van der Waals surface area (Å²) >= 11 is 6.09. The quantitative estimate of drug-likeness (QED) is 0.775. The van der Waals surface area contributed by atoms with Gasteiger partial charge in [0.05, 0.1) is 35.9 Å². The highest BCUT2D eigenvalue weighted by Gasteiger charge is 2.10. The van der Waals surface area contributed by atoms with Crippen molar-refractivity contribution in [1.82, 2.24) is 9.88 Å². The number of rotatable bonds is 7. The van der Waals surface area contributed by atoms with Crippen LogP contribution in [0.3, 0.4) is 0 Å². The van der Waals surface area contributed by atoms with Crippen LogP contribution >= 0.6 is 11.6 Å². The minimum absolute atomic E-state index is 0.179. The molecule has 0 bridgehead atoms. The minimum Gasteiger partial charge on any atom is -0.370 e. The number of hydrogen-bond acceptors (Lipinski definition) is 5. The van der Waals surface area contributed by atoms with Crippen LogP contribution in [0.1, 0.15) is 19.0 Å². The smallest absolute Gasteiger partial charge is 0.126 e. The summed E-state index contributed by atoms with van der Waals surface area (Å²) < 4.78 is 0. The second-order valence-corrected chi connectivity index (χ2v) is 4.42. The molecule has 0 spiro atoms. The van der Waals surface area contributed by atoms with Crippen molar-refractivity contribution in [2.75, 3.05) is 25.0 Å². The van der Waals surface area contributed by atoms with Crippen molar-refractivity contribution in [2.45, 2.75) is 19.9 Å². The van der Waals surface area contributed by atoms with Crippen molar-refractivity contribution >= 4 is 17.4 Å². The standard InChI is InChI=1S/C13H16ClN5/c1-2-7-17-13-4-3-11(14)12(18-13)10-19(8-5-15)9-6-16/h3-4H,2,7-10H2,1H3,(H,17,18). The van der Waals surface area contributed by atoms with Crippen molar-refractivity contribution in [2.24, 2.45) is 0 Å². The van der Waals surface area contributed by atoms with Gasteiger partial charge in [0, 0.05) is 13.1 Å². The molecule has 0 amide bonds. The van der Waals surface area contributed by atoms with Crippen molar-refractivity contribution in [3.8, 4) is 12.1 Å². The maximum Gasteiger partial charge on any atom is 0.126 e. The number of nitriles is 2. The summed E-state index contributed by atoms with van der Waals surface area (Å²) in [5.41, 5.74) is 0.674. The van der Waals surface area contributed by atoms with Gasteiger partial charge in [-0.3, -0.25) is 4.90 Å². The number of aromatic nitrogens is 1. The maximum atomic E-state index is 8.71. The summed E-state index contributed by atoms with van der Waals surface area (Å²) in [4.78, 5) is 6.10. The van der Waals surface area contributed by atoms with Gasteiger partial charge in [-0.2, -0.15) is 10.5 Å². The SMILES string of the molecule is CCCNc1ccc(Cl)c(CN(CC#N)CC#N)n1. The van der Waals surface area contributed by atoms with Gasteiger partial charge in [0.2, 0.25) is 0 Å². The molecule has 6 heteroatoms. The predicted molar refractivity (Wildman–Crippen MR) is 74.5 cm³/mol. The molecule has 0 unspecified atom stereocenters. The van der Waals surface area contributed by atoms with Crippen LogP contribution in [-0.4, -0.2) is 29.5 Å². The van der Waals surface area contributed by atoms with Gasteiger partial charge in [-0.15, -0.1) is 0 Å². The minimum atomic E-state index is 0.179. The molecule has 1 rings (SSSR count). The lowest BCUT2D eigenvalue weighted by molar-refractivity contribution is 0.331. The lowest BCUT2D eigenvalue weighted by Crippen LogP contribution is -2.24. The summed E-state index contributed by atoms with van der Waals surface area (Å²) in [6, 6.07) is 7.66. The molecule has 0 aliphatic rings. The Bertz CT molecular complexity index is 473. The van der Waals surface area contributed by atoms with Crippen molar-refractivity contribution in [3.05, 3.63) is 22.8 Å². The molecule has 0 aliphatic heterocycles. The van der Waals surface area contributed by atoms with E-state index in [1.54, 1.807) is 11.0 Å². The number of pyridine rings is 1. The zero-order valence-corrected chi connectivity index (χ0v) is 11.6. The van der Waals surface area contributed by atoms with Crippen LogP contribution < -0.4 is 5.32 Å². The van der Waals surface area contributed by atoms with Gasteiger partial charge in [-0.25, -0.2) is 4.98 Å². The molecular weight excluding hydrogens is 262 g/mol. The van der Waals surface area contributed by atoms with E-state index in [9.17, 15) is 0 Å². The molecule has 0 aromatic carbocycles. The lowest BCUT2D eigenvalue weighted by atomic mass is 10.3. The fourth-order valence-corrected chi connectivity index (χ4v) is 1.69. The highest BCUT2D eigenvalue weighted by Crippen LogP contribution is 2.18. The number of nitrogens with one attached hydrogen (secondary N) is 1. The van der Waals surface area contributed by atoms with E-state index >= 15 is 0 Å². The molecule has 1 aromatic rings. The van der Waals surface area contributed by atoms with Crippen LogP contribution in [0.5, 0.6) is 0 Å². The monoisotopic (exact) mass is 277 g/mol. The van der Waals surface area contributed by atoms with E-state index in [0.29, 0.717) is 17.3 Å². The zero-order valence-electron chi connectivity index (χ0n) is 10.9. The van der Waals surface area contributed by atoms with E-state index in [0.717, 1.165) is 18.8 Å². The number of anilines is 1. The molecule has 1 N–H and O–H groups in total. The molecule has 0 radical (unpaired) electrons. The summed E-state index contributed by atoms with van der Waals surface area (Å²) in [6.07, 6.45) is 1.01. The Hall–Kier alpha value is -1.82. The van der Waals surface area contributed by atoms with Gasteiger partial charge < -0.3 is 5.32 Å². The van der Waals surface area contributed by atoms with E-state index in [-0.39, 0.29) is 13.1 Å². The summed E-state index contributed by atoms with van der Waals surface area (Å²) in [5.74, 6) is 0.759. The Kier molecular flexibility index (Phi) is 6.67. The average molecular weight is 278 g/mol. The number of halogens is 1. The van der Waals surface area contributed by atoms with Crippen LogP contribution in [0.15, 0.2) is 12.1 Å². The molecule has 100 valence electrons.